The van der Waals surface area contributed by atoms with Crippen molar-refractivity contribution in [1.82, 2.24) is 19.9 Å². The number of hydrogen-bond acceptors (Lipinski definition) is 4. The summed E-state index contributed by atoms with van der Waals surface area (Å²) in [7, 11) is 0. The van der Waals surface area contributed by atoms with E-state index >= 15 is 0 Å². The summed E-state index contributed by atoms with van der Waals surface area (Å²) in [6.45, 7) is 5.23. The second-order valence-electron chi connectivity index (χ2n) is 7.00. The fourth-order valence-electron chi connectivity index (χ4n) is 3.33. The molecular formula is C19H16F3N5O2. The molecule has 4 rings (SSSR count). The molecule has 3 aromatic rings. The Balaban J connectivity index is 1.92. The summed E-state index contributed by atoms with van der Waals surface area (Å²) >= 11 is 0. The van der Waals surface area contributed by atoms with Crippen molar-refractivity contribution < 1.29 is 22.8 Å². The second-order valence-corrected chi connectivity index (χ2v) is 7.00. The van der Waals surface area contributed by atoms with E-state index < -0.39 is 23.7 Å². The molecular weight excluding hydrogens is 387 g/mol. The lowest BCUT2D eigenvalue weighted by Crippen LogP contribution is -2.63. The van der Waals surface area contributed by atoms with E-state index in [2.05, 4.69) is 15.3 Å². The van der Waals surface area contributed by atoms with Crippen LogP contribution in [0, 0.1) is 20.8 Å². The van der Waals surface area contributed by atoms with Gasteiger partial charge in [0.2, 0.25) is 5.95 Å². The Morgan fingerprint density at radius 1 is 1.17 bits per heavy atom. The highest BCUT2D eigenvalue weighted by Gasteiger charge is 2.67. The molecule has 0 saturated carbocycles. The second kappa shape index (κ2) is 6.03. The van der Waals surface area contributed by atoms with Gasteiger partial charge >= 0.3 is 6.18 Å². The largest absolute Gasteiger partial charge is 0.440 e. The molecule has 3 heterocycles. The maximum atomic E-state index is 14.3. The quantitative estimate of drug-likeness (QED) is 0.689. The molecule has 2 N–H and O–H groups in total. The van der Waals surface area contributed by atoms with E-state index in [1.807, 2.05) is 5.32 Å². The monoisotopic (exact) mass is 403 g/mol. The molecule has 0 saturated heterocycles. The predicted molar refractivity (Wildman–Crippen MR) is 98.3 cm³/mol. The Morgan fingerprint density at radius 2 is 1.86 bits per heavy atom. The molecule has 0 aliphatic carbocycles. The van der Waals surface area contributed by atoms with Gasteiger partial charge in [-0.2, -0.15) is 13.2 Å². The first-order valence-electron chi connectivity index (χ1n) is 8.68. The summed E-state index contributed by atoms with van der Waals surface area (Å²) in [5, 5.41) is 4.05. The minimum atomic E-state index is -5.14. The number of rotatable bonds is 2. The van der Waals surface area contributed by atoms with Crippen molar-refractivity contribution in [1.29, 1.82) is 0 Å². The van der Waals surface area contributed by atoms with Crippen LogP contribution >= 0.6 is 0 Å². The Kier molecular flexibility index (Phi) is 3.93. The van der Waals surface area contributed by atoms with Crippen molar-refractivity contribution in [3.8, 4) is 0 Å². The number of nitrogens with zero attached hydrogens (tertiary/aromatic N) is 3. The molecule has 10 heteroatoms. The van der Waals surface area contributed by atoms with E-state index in [0.29, 0.717) is 10.3 Å². The van der Waals surface area contributed by atoms with Crippen molar-refractivity contribution >= 4 is 28.8 Å². The third kappa shape index (κ3) is 2.66. The van der Waals surface area contributed by atoms with Crippen LogP contribution in [-0.2, 0) is 10.5 Å². The fraction of sp³-hybridized carbons (Fsp3) is 0.263. The zero-order valence-electron chi connectivity index (χ0n) is 15.7. The maximum absolute atomic E-state index is 14.3. The number of aromatic nitrogens is 3. The summed E-state index contributed by atoms with van der Waals surface area (Å²) in [4.78, 5) is 33.2. The van der Waals surface area contributed by atoms with Crippen LogP contribution in [-0.4, -0.2) is 32.5 Å². The minimum Gasteiger partial charge on any atom is -0.313 e. The minimum absolute atomic E-state index is 0.0844. The first-order valence-corrected chi connectivity index (χ1v) is 8.68. The Hall–Kier alpha value is -3.43. The van der Waals surface area contributed by atoms with Crippen molar-refractivity contribution in [3.05, 3.63) is 52.8 Å². The van der Waals surface area contributed by atoms with Crippen LogP contribution in [0.4, 0.5) is 19.1 Å². The molecule has 0 spiro atoms. The standard InChI is InChI=1S/C19H16F3N5O2/c1-9-6-13-14(7-10(9)2)27-17(24-13)25-16(29)18(27,19(20,21)22)26-15(28)12-5-4-11(3)23-8-12/h4-8H,1-3H3,(H,26,28)(H,24,25,29). The SMILES string of the molecule is Cc1ccc(C(=O)NC2(C(F)(F)F)C(=O)Nc3nc4cc(C)c(C)cc4n32)cn1. The number of amides is 2. The molecule has 0 radical (unpaired) electrons. The Morgan fingerprint density at radius 3 is 2.48 bits per heavy atom. The third-order valence-electron chi connectivity index (χ3n) is 5.04. The lowest BCUT2D eigenvalue weighted by atomic mass is 10.1. The predicted octanol–water partition coefficient (Wildman–Crippen LogP) is 2.95. The topological polar surface area (TPSA) is 88.9 Å². The molecule has 1 aliphatic rings. The van der Waals surface area contributed by atoms with Gasteiger partial charge in [0.05, 0.1) is 16.6 Å². The normalized spacial score (nSPS) is 18.6. The van der Waals surface area contributed by atoms with Crippen LogP contribution in [0.5, 0.6) is 0 Å². The van der Waals surface area contributed by atoms with Crippen molar-refractivity contribution in [2.45, 2.75) is 32.6 Å². The number of benzene rings is 1. The van der Waals surface area contributed by atoms with Gasteiger partial charge < -0.3 is 5.32 Å². The molecule has 2 aromatic heterocycles. The van der Waals surface area contributed by atoms with E-state index in [4.69, 9.17) is 0 Å². The number of nitrogens with one attached hydrogen (secondary N) is 2. The smallest absolute Gasteiger partial charge is 0.313 e. The van der Waals surface area contributed by atoms with Gasteiger partial charge in [-0.25, -0.2) is 4.98 Å². The van der Waals surface area contributed by atoms with Gasteiger partial charge in [0.1, 0.15) is 0 Å². The number of carbonyl (C=O) groups excluding carboxylic acids is 2. The van der Waals surface area contributed by atoms with E-state index in [-0.39, 0.29) is 22.5 Å². The van der Waals surface area contributed by atoms with Crippen LogP contribution in [0.3, 0.4) is 0 Å². The van der Waals surface area contributed by atoms with Crippen LogP contribution in [0.25, 0.3) is 11.0 Å². The van der Waals surface area contributed by atoms with E-state index in [1.165, 1.54) is 18.2 Å². The number of hydrogen-bond donors (Lipinski definition) is 2. The van der Waals surface area contributed by atoms with Gasteiger partial charge in [-0.1, -0.05) is 0 Å². The lowest BCUT2D eigenvalue weighted by molar-refractivity contribution is -0.213. The third-order valence-corrected chi connectivity index (χ3v) is 5.04. The molecule has 1 unspecified atom stereocenters. The number of carbonyl (C=O) groups is 2. The Bertz CT molecular complexity index is 1170. The molecule has 150 valence electrons. The average Bonchev–Trinajstić information content (AvgIpc) is 3.09. The van der Waals surface area contributed by atoms with Crippen molar-refractivity contribution in [2.24, 2.45) is 0 Å². The molecule has 0 fully saturated rings. The zero-order chi connectivity index (χ0) is 21.1. The zero-order valence-corrected chi connectivity index (χ0v) is 15.7. The number of imidazole rings is 1. The summed E-state index contributed by atoms with van der Waals surface area (Å²) in [5.41, 5.74) is -0.904. The van der Waals surface area contributed by atoms with Crippen LogP contribution in [0.2, 0.25) is 0 Å². The van der Waals surface area contributed by atoms with E-state index in [1.54, 1.807) is 26.8 Å². The van der Waals surface area contributed by atoms with Gasteiger partial charge in [0.15, 0.2) is 0 Å². The molecule has 7 nitrogen and oxygen atoms in total. The molecule has 2 amide bonds. The number of fused-ring (bicyclic) bond motifs is 3. The summed E-state index contributed by atoms with van der Waals surface area (Å²) in [6, 6.07) is 5.99. The summed E-state index contributed by atoms with van der Waals surface area (Å²) < 4.78 is 43.7. The molecule has 0 bridgehead atoms. The van der Waals surface area contributed by atoms with Crippen LogP contribution < -0.4 is 10.6 Å². The summed E-state index contributed by atoms with van der Waals surface area (Å²) in [6.07, 6.45) is -3.98. The molecule has 29 heavy (non-hydrogen) atoms. The highest BCUT2D eigenvalue weighted by atomic mass is 19.4. The Labute approximate surface area is 162 Å². The van der Waals surface area contributed by atoms with E-state index in [0.717, 1.165) is 17.3 Å². The van der Waals surface area contributed by atoms with Crippen LogP contribution in [0.1, 0.15) is 27.2 Å². The number of alkyl halides is 3. The van der Waals surface area contributed by atoms with E-state index in [9.17, 15) is 22.8 Å². The molecule has 1 aliphatic heterocycles. The first-order chi connectivity index (χ1) is 13.5. The number of halogens is 3. The van der Waals surface area contributed by atoms with Crippen molar-refractivity contribution in [3.63, 3.8) is 0 Å². The van der Waals surface area contributed by atoms with Gasteiger partial charge in [-0.3, -0.25) is 24.5 Å². The number of pyridine rings is 1. The van der Waals surface area contributed by atoms with Gasteiger partial charge in [-0.15, -0.1) is 0 Å². The van der Waals surface area contributed by atoms with Crippen molar-refractivity contribution in [2.75, 3.05) is 5.32 Å². The van der Waals surface area contributed by atoms with Gasteiger partial charge in [0.25, 0.3) is 17.5 Å². The highest BCUT2D eigenvalue weighted by molar-refractivity contribution is 6.07. The molecule has 1 aromatic carbocycles. The maximum Gasteiger partial charge on any atom is 0.440 e. The number of aryl methyl sites for hydroxylation is 3. The van der Waals surface area contributed by atoms with Gasteiger partial charge in [-0.05, 0) is 56.2 Å². The van der Waals surface area contributed by atoms with Crippen LogP contribution in [0.15, 0.2) is 30.5 Å². The average molecular weight is 403 g/mol. The fourth-order valence-corrected chi connectivity index (χ4v) is 3.33. The summed E-state index contributed by atoms with van der Waals surface area (Å²) in [5.74, 6) is -2.79. The lowest BCUT2D eigenvalue weighted by Gasteiger charge is -2.32. The number of anilines is 1. The molecule has 1 atom stereocenters. The highest BCUT2D eigenvalue weighted by Crippen LogP contribution is 2.44. The first kappa shape index (κ1) is 18.9. The van der Waals surface area contributed by atoms with Gasteiger partial charge in [0, 0.05) is 11.9 Å².